The Morgan fingerprint density at radius 2 is 2.00 bits per heavy atom. The van der Waals surface area contributed by atoms with Crippen LogP contribution >= 0.6 is 0 Å². The molecule has 0 saturated carbocycles. The molecule has 0 aliphatic rings. The molecular weight excluding hydrogens is 50.0 g/mol. The molecule has 0 bridgehead atoms. The summed E-state index contributed by atoms with van der Waals surface area (Å²) >= 11 is 0. The Kier molecular flexibility index (Phi) is 2.05. The van der Waals surface area contributed by atoms with Crippen molar-refractivity contribution in [2.24, 2.45) is 4.99 Å². The highest BCUT2D eigenvalue weighted by Crippen LogP contribution is 1.50. The maximum atomic E-state index is 3.25. The minimum Gasteiger partial charge on any atom is -0.273 e. The SMILES string of the molecule is C=CN=C. The summed E-state index contributed by atoms with van der Waals surface area (Å²) in [5.74, 6) is 0. The fourth-order valence-electron chi connectivity index (χ4n) is 0. The maximum absolute atomic E-state index is 3.25. The standard InChI is InChI=1S/C3H5N/c1-3-4-2/h3H,1-2H2. The lowest BCUT2D eigenvalue weighted by Gasteiger charge is -1.48. The van der Waals surface area contributed by atoms with Crippen molar-refractivity contribution >= 4 is 6.72 Å². The summed E-state index contributed by atoms with van der Waals surface area (Å²) in [5.41, 5.74) is 0. The van der Waals surface area contributed by atoms with E-state index in [-0.39, 0.29) is 0 Å². The fraction of sp³-hybridized carbons (Fsp3) is 0. The molecule has 0 aromatic rings. The quantitative estimate of drug-likeness (QED) is 0.394. The molecule has 1 nitrogen and oxygen atoms in total. The van der Waals surface area contributed by atoms with Crippen LogP contribution in [0.2, 0.25) is 0 Å². The third kappa shape index (κ3) is 1.41. The van der Waals surface area contributed by atoms with Gasteiger partial charge in [-0.15, -0.1) is 0 Å². The van der Waals surface area contributed by atoms with Gasteiger partial charge in [-0.1, -0.05) is 6.58 Å². The molecule has 0 heterocycles. The van der Waals surface area contributed by atoms with Crippen molar-refractivity contribution in [3.63, 3.8) is 0 Å². The monoisotopic (exact) mass is 55.0 g/mol. The summed E-state index contributed by atoms with van der Waals surface area (Å²) < 4.78 is 0. The normalized spacial score (nSPS) is 5.00. The van der Waals surface area contributed by atoms with E-state index >= 15 is 0 Å². The number of hydrogen-bond acceptors (Lipinski definition) is 1. The van der Waals surface area contributed by atoms with Gasteiger partial charge in [-0.05, 0) is 6.72 Å². The number of nitrogens with zero attached hydrogens (tertiary/aromatic N) is 1. The molecule has 0 saturated heterocycles. The predicted molar refractivity (Wildman–Crippen MR) is 19.7 cm³/mol. The van der Waals surface area contributed by atoms with Gasteiger partial charge in [-0.3, -0.25) is 4.99 Å². The van der Waals surface area contributed by atoms with E-state index in [9.17, 15) is 0 Å². The summed E-state index contributed by atoms with van der Waals surface area (Å²) in [7, 11) is 0. The number of aliphatic imine (C=N–C) groups is 1. The first-order chi connectivity index (χ1) is 1.91. The molecule has 0 unspecified atom stereocenters. The Labute approximate surface area is 25.7 Å². The van der Waals surface area contributed by atoms with Gasteiger partial charge in [-0.2, -0.15) is 0 Å². The van der Waals surface area contributed by atoms with Gasteiger partial charge in [0.05, 0.1) is 0 Å². The summed E-state index contributed by atoms with van der Waals surface area (Å²) in [5, 5.41) is 0. The van der Waals surface area contributed by atoms with Crippen molar-refractivity contribution in [2.75, 3.05) is 0 Å². The largest absolute Gasteiger partial charge is 0.273 e. The molecule has 0 aromatic carbocycles. The van der Waals surface area contributed by atoms with Crippen LogP contribution in [0.4, 0.5) is 0 Å². The molecule has 22 valence electrons. The van der Waals surface area contributed by atoms with Gasteiger partial charge >= 0.3 is 0 Å². The van der Waals surface area contributed by atoms with Crippen molar-refractivity contribution < 1.29 is 0 Å². The Balaban J connectivity index is 2.73. The van der Waals surface area contributed by atoms with Crippen molar-refractivity contribution in [3.05, 3.63) is 12.8 Å². The molecule has 0 fully saturated rings. The molecule has 0 radical (unpaired) electrons. The van der Waals surface area contributed by atoms with E-state index in [4.69, 9.17) is 0 Å². The van der Waals surface area contributed by atoms with Crippen LogP contribution in [-0.4, -0.2) is 6.72 Å². The molecule has 1 heteroatoms. The molecule has 0 atom stereocenters. The Morgan fingerprint density at radius 1 is 1.75 bits per heavy atom. The Bertz CT molecular complexity index is 24.3. The molecule has 0 aliphatic carbocycles. The lowest BCUT2D eigenvalue weighted by molar-refractivity contribution is 1.65. The lowest BCUT2D eigenvalue weighted by atomic mass is 11.1. The minimum absolute atomic E-state index is 1.39. The van der Waals surface area contributed by atoms with Crippen LogP contribution in [0.1, 0.15) is 0 Å². The molecule has 0 N–H and O–H groups in total. The van der Waals surface area contributed by atoms with E-state index in [1.165, 1.54) is 6.20 Å². The lowest BCUT2D eigenvalue weighted by Crippen LogP contribution is -1.26. The Morgan fingerprint density at radius 3 is 2.00 bits per heavy atom. The second-order valence-electron chi connectivity index (χ2n) is 0.365. The second-order valence-corrected chi connectivity index (χ2v) is 0.365. The third-order valence-electron chi connectivity index (χ3n) is 0.129. The van der Waals surface area contributed by atoms with Crippen molar-refractivity contribution in [1.82, 2.24) is 0 Å². The van der Waals surface area contributed by atoms with Gasteiger partial charge < -0.3 is 0 Å². The van der Waals surface area contributed by atoms with E-state index in [0.717, 1.165) is 0 Å². The summed E-state index contributed by atoms with van der Waals surface area (Å²) in [6, 6.07) is 0. The first-order valence-electron chi connectivity index (χ1n) is 0.983. The van der Waals surface area contributed by atoms with Crippen LogP contribution in [0.15, 0.2) is 17.8 Å². The molecule has 0 amide bonds. The molecular formula is C3H5N. The van der Waals surface area contributed by atoms with Crippen LogP contribution in [0.5, 0.6) is 0 Å². The van der Waals surface area contributed by atoms with Crippen LogP contribution in [-0.2, 0) is 0 Å². The number of rotatable bonds is 1. The van der Waals surface area contributed by atoms with Gasteiger partial charge in [0.2, 0.25) is 0 Å². The zero-order chi connectivity index (χ0) is 3.41. The van der Waals surface area contributed by atoms with E-state index in [0.29, 0.717) is 0 Å². The van der Waals surface area contributed by atoms with Crippen molar-refractivity contribution in [1.29, 1.82) is 0 Å². The van der Waals surface area contributed by atoms with Crippen LogP contribution in [0.3, 0.4) is 0 Å². The van der Waals surface area contributed by atoms with E-state index in [1.807, 2.05) is 0 Å². The average Bonchev–Trinajstić information content (AvgIpc) is 1.37. The predicted octanol–water partition coefficient (Wildman–Crippen LogP) is 0.831. The van der Waals surface area contributed by atoms with Crippen molar-refractivity contribution in [2.45, 2.75) is 0 Å². The average molecular weight is 55.1 g/mol. The van der Waals surface area contributed by atoms with Gasteiger partial charge in [0.15, 0.2) is 0 Å². The van der Waals surface area contributed by atoms with E-state index in [2.05, 4.69) is 18.3 Å². The van der Waals surface area contributed by atoms with Crippen LogP contribution in [0.25, 0.3) is 0 Å². The molecule has 0 spiro atoms. The number of hydrogen-bond donors (Lipinski definition) is 0. The maximum Gasteiger partial charge on any atom is 0.0188 e. The van der Waals surface area contributed by atoms with Gasteiger partial charge in [0.25, 0.3) is 0 Å². The zero-order valence-electron chi connectivity index (χ0n) is 2.44. The van der Waals surface area contributed by atoms with Crippen LogP contribution < -0.4 is 0 Å². The fourth-order valence-corrected chi connectivity index (χ4v) is 0. The summed E-state index contributed by atoms with van der Waals surface area (Å²) in [6.45, 7) is 6.36. The molecule has 0 aromatic heterocycles. The summed E-state index contributed by atoms with van der Waals surface area (Å²) in [6.07, 6.45) is 1.39. The molecule has 0 aliphatic heterocycles. The third-order valence-corrected chi connectivity index (χ3v) is 0.129. The van der Waals surface area contributed by atoms with Crippen LogP contribution in [0, 0.1) is 0 Å². The van der Waals surface area contributed by atoms with Gasteiger partial charge in [-0.25, -0.2) is 0 Å². The highest BCUT2D eigenvalue weighted by molar-refractivity contribution is 5.24. The highest BCUT2D eigenvalue weighted by atomic mass is 14.6. The van der Waals surface area contributed by atoms with Gasteiger partial charge in [0, 0.05) is 6.20 Å². The topological polar surface area (TPSA) is 12.4 Å². The zero-order valence-corrected chi connectivity index (χ0v) is 2.44. The van der Waals surface area contributed by atoms with E-state index in [1.54, 1.807) is 0 Å². The Hall–Kier alpha value is -0.590. The second kappa shape index (κ2) is 2.41. The molecule has 4 heavy (non-hydrogen) atoms. The minimum atomic E-state index is 1.39. The van der Waals surface area contributed by atoms with Crippen molar-refractivity contribution in [3.8, 4) is 0 Å². The highest BCUT2D eigenvalue weighted by Gasteiger charge is 1.27. The first-order valence-corrected chi connectivity index (χ1v) is 0.983. The first kappa shape index (κ1) is 3.41. The smallest absolute Gasteiger partial charge is 0.0188 e. The summed E-state index contributed by atoms with van der Waals surface area (Å²) in [4.78, 5) is 3.25. The molecule has 0 rings (SSSR count). The van der Waals surface area contributed by atoms with E-state index < -0.39 is 0 Å². The van der Waals surface area contributed by atoms with Gasteiger partial charge in [0.1, 0.15) is 0 Å².